The normalized spacial score (nSPS) is 11.6. The molecule has 2 aromatic carbocycles. The summed E-state index contributed by atoms with van der Waals surface area (Å²) in [5.41, 5.74) is 1.80. The summed E-state index contributed by atoms with van der Waals surface area (Å²) in [6.45, 7) is 2.69. The molecule has 0 spiro atoms. The molecule has 0 aliphatic carbocycles. The number of carbonyl (C=O) groups is 1. The molecule has 0 saturated heterocycles. The van der Waals surface area contributed by atoms with Gasteiger partial charge < -0.3 is 10.1 Å². The average molecular weight is 425 g/mol. The van der Waals surface area contributed by atoms with E-state index >= 15 is 0 Å². The molecule has 2 aromatic rings. The fourth-order valence-corrected chi connectivity index (χ4v) is 4.12. The third-order valence-corrected chi connectivity index (χ3v) is 6.28. The Balaban J connectivity index is 2.23. The monoisotopic (exact) mass is 424 g/mol. The van der Waals surface area contributed by atoms with Gasteiger partial charge in [0.15, 0.2) is 0 Å². The van der Waals surface area contributed by atoms with Gasteiger partial charge in [-0.1, -0.05) is 35.9 Å². The van der Waals surface area contributed by atoms with Crippen LogP contribution < -0.4 is 5.32 Å². The van der Waals surface area contributed by atoms with Crippen molar-refractivity contribution in [2.24, 2.45) is 0 Å². The van der Waals surface area contributed by atoms with Gasteiger partial charge in [0.2, 0.25) is 15.9 Å². The molecule has 0 fully saturated rings. The summed E-state index contributed by atoms with van der Waals surface area (Å²) in [6, 6.07) is 13.4. The van der Waals surface area contributed by atoms with Crippen LogP contribution in [0.1, 0.15) is 17.5 Å². The van der Waals surface area contributed by atoms with Crippen molar-refractivity contribution in [3.05, 3.63) is 64.7 Å². The van der Waals surface area contributed by atoms with E-state index in [1.54, 1.807) is 7.11 Å². The number of sulfonamides is 1. The van der Waals surface area contributed by atoms with Crippen molar-refractivity contribution >= 4 is 27.5 Å². The molecule has 0 atom stereocenters. The van der Waals surface area contributed by atoms with Crippen molar-refractivity contribution in [3.63, 3.8) is 0 Å². The van der Waals surface area contributed by atoms with Crippen molar-refractivity contribution in [1.29, 1.82) is 0 Å². The highest BCUT2D eigenvalue weighted by Crippen LogP contribution is 2.21. The molecule has 6 nitrogen and oxygen atoms in total. The Hall–Kier alpha value is -1.93. The summed E-state index contributed by atoms with van der Waals surface area (Å²) in [6.07, 6.45) is 0.657. The Morgan fingerprint density at radius 1 is 1.14 bits per heavy atom. The zero-order valence-corrected chi connectivity index (χ0v) is 17.6. The second-order valence-corrected chi connectivity index (χ2v) is 8.72. The third-order valence-electron chi connectivity index (χ3n) is 4.23. The molecular weight excluding hydrogens is 400 g/mol. The lowest BCUT2D eigenvalue weighted by atomic mass is 10.1. The molecule has 0 unspecified atom stereocenters. The fourth-order valence-electron chi connectivity index (χ4n) is 2.62. The van der Waals surface area contributed by atoms with E-state index < -0.39 is 10.0 Å². The Labute approximate surface area is 171 Å². The zero-order chi connectivity index (χ0) is 20.6. The predicted molar refractivity (Wildman–Crippen MR) is 110 cm³/mol. The summed E-state index contributed by atoms with van der Waals surface area (Å²) in [5, 5.41) is 3.18. The van der Waals surface area contributed by atoms with E-state index in [-0.39, 0.29) is 23.9 Å². The zero-order valence-electron chi connectivity index (χ0n) is 16.0. The summed E-state index contributed by atoms with van der Waals surface area (Å²) < 4.78 is 32.4. The Kier molecular flexibility index (Phi) is 8.44. The third kappa shape index (κ3) is 6.31. The molecule has 28 heavy (non-hydrogen) atoms. The van der Waals surface area contributed by atoms with Gasteiger partial charge in [-0.25, -0.2) is 8.42 Å². The number of methoxy groups -OCH3 is 1. The van der Waals surface area contributed by atoms with Gasteiger partial charge in [-0.15, -0.1) is 0 Å². The molecule has 1 amide bonds. The van der Waals surface area contributed by atoms with Crippen molar-refractivity contribution in [1.82, 2.24) is 9.62 Å². The molecule has 2 rings (SSSR count). The van der Waals surface area contributed by atoms with Crippen LogP contribution >= 0.6 is 11.6 Å². The first kappa shape index (κ1) is 22.4. The maximum Gasteiger partial charge on any atom is 0.243 e. The molecule has 0 radical (unpaired) electrons. The van der Waals surface area contributed by atoms with Crippen LogP contribution in [0.25, 0.3) is 0 Å². The number of ether oxygens (including phenoxy) is 1. The molecule has 0 aliphatic heterocycles. The highest BCUT2D eigenvalue weighted by atomic mass is 35.5. The summed E-state index contributed by atoms with van der Waals surface area (Å²) in [5.74, 6) is -0.359. The van der Waals surface area contributed by atoms with Crippen LogP contribution in [0, 0.1) is 6.92 Å². The first-order valence-corrected chi connectivity index (χ1v) is 10.7. The molecule has 0 aliphatic rings. The number of hydrogen-bond acceptors (Lipinski definition) is 4. The Morgan fingerprint density at radius 2 is 1.82 bits per heavy atom. The van der Waals surface area contributed by atoms with Crippen molar-refractivity contribution in [2.75, 3.05) is 26.8 Å². The van der Waals surface area contributed by atoms with Gasteiger partial charge in [-0.2, -0.15) is 4.31 Å². The topological polar surface area (TPSA) is 75.7 Å². The van der Waals surface area contributed by atoms with Crippen molar-refractivity contribution < 1.29 is 17.9 Å². The SMILES string of the molecule is COCCCNC(=O)CN(Cc1ccccc1C)S(=O)(=O)c1ccc(Cl)cc1. The summed E-state index contributed by atoms with van der Waals surface area (Å²) >= 11 is 5.88. The number of hydrogen-bond donors (Lipinski definition) is 1. The van der Waals surface area contributed by atoms with Crippen LogP contribution in [0.5, 0.6) is 0 Å². The number of nitrogens with zero attached hydrogens (tertiary/aromatic N) is 1. The van der Waals surface area contributed by atoms with E-state index in [0.29, 0.717) is 24.6 Å². The van der Waals surface area contributed by atoms with Gasteiger partial charge in [-0.05, 0) is 48.7 Å². The fraction of sp³-hybridized carbons (Fsp3) is 0.350. The van der Waals surface area contributed by atoms with E-state index in [0.717, 1.165) is 11.1 Å². The van der Waals surface area contributed by atoms with E-state index in [4.69, 9.17) is 16.3 Å². The van der Waals surface area contributed by atoms with Gasteiger partial charge in [0.25, 0.3) is 0 Å². The molecule has 0 aromatic heterocycles. The number of benzene rings is 2. The molecule has 0 saturated carbocycles. The number of amides is 1. The van der Waals surface area contributed by atoms with E-state index in [9.17, 15) is 13.2 Å². The lowest BCUT2D eigenvalue weighted by Gasteiger charge is -2.23. The second kappa shape index (κ2) is 10.6. The highest BCUT2D eigenvalue weighted by Gasteiger charge is 2.27. The molecule has 152 valence electrons. The van der Waals surface area contributed by atoms with Gasteiger partial charge in [0, 0.05) is 31.8 Å². The van der Waals surface area contributed by atoms with Crippen LogP contribution in [0.15, 0.2) is 53.4 Å². The molecule has 8 heteroatoms. The smallest absolute Gasteiger partial charge is 0.243 e. The molecule has 0 heterocycles. The first-order valence-electron chi connectivity index (χ1n) is 8.90. The minimum absolute atomic E-state index is 0.0951. The van der Waals surface area contributed by atoms with Gasteiger partial charge >= 0.3 is 0 Å². The number of carbonyl (C=O) groups excluding carboxylic acids is 1. The van der Waals surface area contributed by atoms with Gasteiger partial charge in [0.1, 0.15) is 0 Å². The number of rotatable bonds is 10. The van der Waals surface area contributed by atoms with Crippen LogP contribution in [0.4, 0.5) is 0 Å². The van der Waals surface area contributed by atoms with Crippen molar-refractivity contribution in [2.45, 2.75) is 24.8 Å². The quantitative estimate of drug-likeness (QED) is 0.595. The van der Waals surface area contributed by atoms with Crippen LogP contribution in [0.3, 0.4) is 0 Å². The van der Waals surface area contributed by atoms with E-state index in [1.165, 1.54) is 28.6 Å². The lowest BCUT2D eigenvalue weighted by molar-refractivity contribution is -0.121. The predicted octanol–water partition coefficient (Wildman–Crippen LogP) is 2.99. The summed E-state index contributed by atoms with van der Waals surface area (Å²) in [4.78, 5) is 12.4. The maximum atomic E-state index is 13.2. The lowest BCUT2D eigenvalue weighted by Crippen LogP contribution is -2.40. The largest absolute Gasteiger partial charge is 0.385 e. The number of aryl methyl sites for hydroxylation is 1. The highest BCUT2D eigenvalue weighted by molar-refractivity contribution is 7.89. The minimum atomic E-state index is -3.87. The average Bonchev–Trinajstić information content (AvgIpc) is 2.66. The minimum Gasteiger partial charge on any atom is -0.385 e. The molecule has 1 N–H and O–H groups in total. The summed E-state index contributed by atoms with van der Waals surface area (Å²) in [7, 11) is -2.29. The van der Waals surface area contributed by atoms with Gasteiger partial charge in [0.05, 0.1) is 11.4 Å². The van der Waals surface area contributed by atoms with Crippen molar-refractivity contribution in [3.8, 4) is 0 Å². The van der Waals surface area contributed by atoms with E-state index in [1.807, 2.05) is 31.2 Å². The number of halogens is 1. The van der Waals surface area contributed by atoms with Gasteiger partial charge in [-0.3, -0.25) is 4.79 Å². The second-order valence-electron chi connectivity index (χ2n) is 6.35. The first-order chi connectivity index (χ1) is 13.3. The molecule has 0 bridgehead atoms. The van der Waals surface area contributed by atoms with E-state index in [2.05, 4.69) is 5.32 Å². The molecular formula is C20H25ClN2O4S. The standard InChI is InChI=1S/C20H25ClN2O4S/c1-16-6-3-4-7-17(16)14-23(15-20(24)22-12-5-13-27-2)28(25,26)19-10-8-18(21)9-11-19/h3-4,6-11H,5,12-15H2,1-2H3,(H,22,24). The van der Waals surface area contributed by atoms with Crippen LogP contribution in [-0.4, -0.2) is 45.4 Å². The van der Waals surface area contributed by atoms with Crippen LogP contribution in [-0.2, 0) is 26.1 Å². The maximum absolute atomic E-state index is 13.2. The Morgan fingerprint density at radius 3 is 2.46 bits per heavy atom. The Bertz CT molecular complexity index is 885. The number of nitrogens with one attached hydrogen (secondary N) is 1. The van der Waals surface area contributed by atoms with Crippen LogP contribution in [0.2, 0.25) is 5.02 Å².